The van der Waals surface area contributed by atoms with Gasteiger partial charge in [0.1, 0.15) is 16.7 Å². The van der Waals surface area contributed by atoms with E-state index in [0.29, 0.717) is 11.6 Å². The molecule has 0 unspecified atom stereocenters. The maximum Gasteiger partial charge on any atom is 0.417 e. The number of rotatable bonds is 8. The van der Waals surface area contributed by atoms with Crippen LogP contribution in [0, 0.1) is 0 Å². The van der Waals surface area contributed by atoms with Crippen LogP contribution in [0.2, 0.25) is 10.0 Å². The molecule has 0 aromatic heterocycles. The first-order chi connectivity index (χ1) is 16.4. The zero-order valence-corrected chi connectivity index (χ0v) is 20.4. The highest BCUT2D eigenvalue weighted by atomic mass is 35.5. The van der Waals surface area contributed by atoms with Gasteiger partial charge in [0.05, 0.1) is 17.7 Å². The fraction of sp³-hybridized carbons (Fsp3) is 0.174. The van der Waals surface area contributed by atoms with Crippen molar-refractivity contribution in [3.05, 3.63) is 87.9 Å². The SMILES string of the molecule is COc1ccc(Cl)cc1S(=O)(=O)N[C@@H](Cc1ccccc1)C(=O)Nc1ccc(Cl)c(C(F)(F)F)c1. The van der Waals surface area contributed by atoms with E-state index in [1.54, 1.807) is 30.3 Å². The molecular weight excluding hydrogens is 528 g/mol. The van der Waals surface area contributed by atoms with Gasteiger partial charge in [0.15, 0.2) is 0 Å². The second-order valence-electron chi connectivity index (χ2n) is 7.34. The van der Waals surface area contributed by atoms with Gasteiger partial charge in [-0.3, -0.25) is 4.79 Å². The summed E-state index contributed by atoms with van der Waals surface area (Å²) in [6.45, 7) is 0. The molecule has 3 aromatic carbocycles. The van der Waals surface area contributed by atoms with Crippen LogP contribution in [-0.2, 0) is 27.4 Å². The van der Waals surface area contributed by atoms with Gasteiger partial charge in [0, 0.05) is 10.7 Å². The summed E-state index contributed by atoms with van der Waals surface area (Å²) in [5.74, 6) is -0.887. The van der Waals surface area contributed by atoms with E-state index in [4.69, 9.17) is 27.9 Å². The number of hydrogen-bond donors (Lipinski definition) is 2. The Morgan fingerprint density at radius 3 is 2.34 bits per heavy atom. The Morgan fingerprint density at radius 1 is 1.03 bits per heavy atom. The number of halogens is 5. The molecule has 0 bridgehead atoms. The lowest BCUT2D eigenvalue weighted by molar-refractivity contribution is -0.137. The van der Waals surface area contributed by atoms with E-state index in [2.05, 4.69) is 10.0 Å². The molecule has 1 amide bonds. The van der Waals surface area contributed by atoms with Gasteiger partial charge in [-0.1, -0.05) is 53.5 Å². The first kappa shape index (κ1) is 26.8. The molecule has 0 aliphatic carbocycles. The predicted octanol–water partition coefficient (Wildman–Crippen LogP) is 5.55. The lowest BCUT2D eigenvalue weighted by Crippen LogP contribution is -2.45. The van der Waals surface area contributed by atoms with Gasteiger partial charge in [-0.25, -0.2) is 8.42 Å². The summed E-state index contributed by atoms with van der Waals surface area (Å²) in [7, 11) is -3.07. The van der Waals surface area contributed by atoms with Crippen LogP contribution in [0.4, 0.5) is 18.9 Å². The van der Waals surface area contributed by atoms with Gasteiger partial charge in [-0.05, 0) is 48.4 Å². The van der Waals surface area contributed by atoms with Gasteiger partial charge in [-0.2, -0.15) is 17.9 Å². The molecule has 3 aromatic rings. The number of alkyl halides is 3. The van der Waals surface area contributed by atoms with Crippen molar-refractivity contribution in [2.24, 2.45) is 0 Å². The van der Waals surface area contributed by atoms with Crippen LogP contribution in [0.1, 0.15) is 11.1 Å². The number of sulfonamides is 1. The Kier molecular flexibility index (Phi) is 8.32. The van der Waals surface area contributed by atoms with Crippen molar-refractivity contribution in [2.45, 2.75) is 23.5 Å². The van der Waals surface area contributed by atoms with Crippen LogP contribution in [0.3, 0.4) is 0 Å². The molecule has 6 nitrogen and oxygen atoms in total. The van der Waals surface area contributed by atoms with Gasteiger partial charge in [-0.15, -0.1) is 0 Å². The maximum absolute atomic E-state index is 13.2. The number of methoxy groups -OCH3 is 1. The minimum Gasteiger partial charge on any atom is -0.495 e. The Bertz CT molecular complexity index is 1320. The van der Waals surface area contributed by atoms with E-state index >= 15 is 0 Å². The summed E-state index contributed by atoms with van der Waals surface area (Å²) in [5.41, 5.74) is -0.731. The van der Waals surface area contributed by atoms with Crippen molar-refractivity contribution >= 4 is 44.8 Å². The topological polar surface area (TPSA) is 84.5 Å². The molecule has 0 aliphatic rings. The summed E-state index contributed by atoms with van der Waals surface area (Å²) in [6.07, 6.45) is -4.83. The summed E-state index contributed by atoms with van der Waals surface area (Å²) in [4.78, 5) is 12.8. The van der Waals surface area contributed by atoms with Gasteiger partial charge >= 0.3 is 6.18 Å². The molecule has 0 heterocycles. The molecule has 0 radical (unpaired) electrons. The lowest BCUT2D eigenvalue weighted by Gasteiger charge is -2.20. The Morgan fingerprint density at radius 2 is 1.71 bits per heavy atom. The minimum atomic E-state index is -4.74. The Labute approximate surface area is 210 Å². The average molecular weight is 547 g/mol. The summed E-state index contributed by atoms with van der Waals surface area (Å²) < 4.78 is 73.4. The van der Waals surface area contributed by atoms with Crippen LogP contribution in [-0.4, -0.2) is 27.5 Å². The third-order valence-corrected chi connectivity index (χ3v) is 6.91. The van der Waals surface area contributed by atoms with E-state index in [-0.39, 0.29) is 27.8 Å². The smallest absolute Gasteiger partial charge is 0.417 e. The van der Waals surface area contributed by atoms with Crippen molar-refractivity contribution in [1.82, 2.24) is 4.72 Å². The highest BCUT2D eigenvalue weighted by Gasteiger charge is 2.34. The average Bonchev–Trinajstić information content (AvgIpc) is 2.79. The van der Waals surface area contributed by atoms with Crippen LogP contribution in [0.15, 0.2) is 71.6 Å². The zero-order valence-electron chi connectivity index (χ0n) is 18.1. The van der Waals surface area contributed by atoms with Crippen molar-refractivity contribution in [3.8, 4) is 5.75 Å². The number of anilines is 1. The zero-order chi connectivity index (χ0) is 25.8. The molecule has 186 valence electrons. The van der Waals surface area contributed by atoms with E-state index in [0.717, 1.165) is 12.1 Å². The fourth-order valence-electron chi connectivity index (χ4n) is 3.20. The number of amides is 1. The molecule has 35 heavy (non-hydrogen) atoms. The highest BCUT2D eigenvalue weighted by Crippen LogP contribution is 2.36. The molecule has 3 rings (SSSR count). The highest BCUT2D eigenvalue weighted by molar-refractivity contribution is 7.89. The predicted molar refractivity (Wildman–Crippen MR) is 127 cm³/mol. The van der Waals surface area contributed by atoms with E-state index in [1.807, 2.05) is 0 Å². The molecule has 0 spiro atoms. The van der Waals surface area contributed by atoms with Crippen LogP contribution >= 0.6 is 23.2 Å². The van der Waals surface area contributed by atoms with Gasteiger partial charge < -0.3 is 10.1 Å². The fourth-order valence-corrected chi connectivity index (χ4v) is 5.05. The first-order valence-electron chi connectivity index (χ1n) is 9.98. The van der Waals surface area contributed by atoms with Gasteiger partial charge in [0.25, 0.3) is 0 Å². The number of ether oxygens (including phenoxy) is 1. The number of carbonyl (C=O) groups excluding carboxylic acids is 1. The third kappa shape index (κ3) is 6.88. The quantitative estimate of drug-likeness (QED) is 0.388. The Hall–Kier alpha value is -2.79. The Balaban J connectivity index is 1.95. The summed E-state index contributed by atoms with van der Waals surface area (Å²) >= 11 is 11.6. The largest absolute Gasteiger partial charge is 0.495 e. The molecule has 12 heteroatoms. The van der Waals surface area contributed by atoms with Crippen molar-refractivity contribution < 1.29 is 31.1 Å². The molecule has 0 aliphatic heterocycles. The van der Waals surface area contributed by atoms with E-state index in [9.17, 15) is 26.4 Å². The number of carbonyl (C=O) groups is 1. The standard InChI is InChI=1S/C23H19Cl2F3N2O4S/c1-34-20-10-7-15(24)12-21(20)35(32,33)30-19(11-14-5-3-2-4-6-14)22(31)29-16-8-9-18(25)17(13-16)23(26,27)28/h2-10,12-13,19,30H,11H2,1H3,(H,29,31)/t19-/m0/s1. The number of hydrogen-bond acceptors (Lipinski definition) is 4. The van der Waals surface area contributed by atoms with Crippen LogP contribution in [0.25, 0.3) is 0 Å². The van der Waals surface area contributed by atoms with Crippen molar-refractivity contribution in [2.75, 3.05) is 12.4 Å². The number of benzene rings is 3. The second kappa shape index (κ2) is 10.9. The van der Waals surface area contributed by atoms with Crippen molar-refractivity contribution in [1.29, 1.82) is 0 Å². The van der Waals surface area contributed by atoms with Gasteiger partial charge in [0.2, 0.25) is 15.9 Å². The van der Waals surface area contributed by atoms with Crippen LogP contribution in [0.5, 0.6) is 5.75 Å². The molecule has 0 fully saturated rings. The maximum atomic E-state index is 13.2. The molecule has 0 saturated carbocycles. The molecular formula is C23H19Cl2F3N2O4S. The van der Waals surface area contributed by atoms with E-state index < -0.39 is 38.7 Å². The summed E-state index contributed by atoms with van der Waals surface area (Å²) in [6, 6.07) is 13.9. The van der Waals surface area contributed by atoms with E-state index in [1.165, 1.54) is 25.3 Å². The molecule has 0 saturated heterocycles. The summed E-state index contributed by atoms with van der Waals surface area (Å²) in [5, 5.41) is 1.92. The first-order valence-corrected chi connectivity index (χ1v) is 12.2. The third-order valence-electron chi connectivity index (χ3n) is 4.85. The van der Waals surface area contributed by atoms with Crippen LogP contribution < -0.4 is 14.8 Å². The molecule has 1 atom stereocenters. The second-order valence-corrected chi connectivity index (χ2v) is 9.87. The molecule has 2 N–H and O–H groups in total. The minimum absolute atomic E-state index is 0.00621. The normalized spacial score (nSPS) is 12.7. The van der Waals surface area contributed by atoms with Crippen molar-refractivity contribution in [3.63, 3.8) is 0 Å². The monoisotopic (exact) mass is 546 g/mol. The lowest BCUT2D eigenvalue weighted by atomic mass is 10.1. The number of nitrogens with one attached hydrogen (secondary N) is 2.